The second-order valence-corrected chi connectivity index (χ2v) is 9.18. The van der Waals surface area contributed by atoms with Crippen LogP contribution in [0.4, 0.5) is 0 Å². The van der Waals surface area contributed by atoms with Crippen LogP contribution in [0.5, 0.6) is 0 Å². The number of H-pyrrole nitrogens is 2. The molecule has 0 radical (unpaired) electrons. The van der Waals surface area contributed by atoms with E-state index < -0.39 is 42.0 Å². The van der Waals surface area contributed by atoms with Crippen molar-refractivity contribution in [3.8, 4) is 0 Å². The number of nitrogens with zero attached hydrogens (tertiary/aromatic N) is 1. The molecule has 2 aromatic heterocycles. The highest BCUT2D eigenvalue weighted by atomic mass is 16.4. The maximum Gasteiger partial charge on any atom is 0.325 e. The van der Waals surface area contributed by atoms with E-state index in [1.807, 2.05) is 24.3 Å². The van der Waals surface area contributed by atoms with E-state index in [0.29, 0.717) is 12.1 Å². The highest BCUT2D eigenvalue weighted by molar-refractivity contribution is 5.95. The number of hydrogen-bond donors (Lipinski definition) is 7. The first-order chi connectivity index (χ1) is 17.8. The van der Waals surface area contributed by atoms with E-state index in [4.69, 9.17) is 0 Å². The lowest BCUT2D eigenvalue weighted by Crippen LogP contribution is -2.57. The zero-order valence-electron chi connectivity index (χ0n) is 20.4. The fourth-order valence-electron chi connectivity index (χ4n) is 4.38. The minimum absolute atomic E-state index is 0.0574. The molecular formula is C25H31N7O5. The second-order valence-electron chi connectivity index (χ2n) is 9.18. The predicted molar refractivity (Wildman–Crippen MR) is 134 cm³/mol. The molecule has 1 saturated heterocycles. The SMILES string of the molecule is CC(NC(=O)C(Cc1cnc[nH]1)NC(=O)C(Cc1c[nH]c2ccccc12)NC(=O)C1CCCN1)C(=O)O. The van der Waals surface area contributed by atoms with Gasteiger partial charge in [0.1, 0.15) is 18.1 Å². The van der Waals surface area contributed by atoms with Gasteiger partial charge in [0.05, 0.1) is 12.4 Å². The van der Waals surface area contributed by atoms with E-state index in [9.17, 15) is 24.3 Å². The van der Waals surface area contributed by atoms with Gasteiger partial charge < -0.3 is 36.3 Å². The number of imidazole rings is 1. The lowest BCUT2D eigenvalue weighted by Gasteiger charge is -2.24. The summed E-state index contributed by atoms with van der Waals surface area (Å²) in [7, 11) is 0. The number of benzene rings is 1. The number of rotatable bonds is 11. The standard InChI is InChI=1S/C25H31N7O5/c1-14(25(36)37)30-23(34)21(10-16-12-26-13-29-16)32-24(35)20(31-22(33)19-7-4-8-27-19)9-15-11-28-18-6-3-2-5-17(15)18/h2-3,5-6,11-14,19-21,27-28H,4,7-10H2,1H3,(H,26,29)(H,30,34)(H,31,33)(H,32,35)(H,36,37). The van der Waals surface area contributed by atoms with Gasteiger partial charge in [-0.3, -0.25) is 19.2 Å². The molecule has 0 saturated carbocycles. The average molecular weight is 510 g/mol. The number of aromatic nitrogens is 3. The Morgan fingerprint density at radius 2 is 1.81 bits per heavy atom. The summed E-state index contributed by atoms with van der Waals surface area (Å²) in [6.07, 6.45) is 6.55. The number of aromatic amines is 2. The number of carbonyl (C=O) groups excluding carboxylic acids is 3. The van der Waals surface area contributed by atoms with E-state index >= 15 is 0 Å². The number of carboxylic acid groups (broad SMARTS) is 1. The monoisotopic (exact) mass is 509 g/mol. The van der Waals surface area contributed by atoms with Crippen LogP contribution in [0, 0.1) is 0 Å². The molecular weight excluding hydrogens is 478 g/mol. The summed E-state index contributed by atoms with van der Waals surface area (Å²) < 4.78 is 0. The molecule has 37 heavy (non-hydrogen) atoms. The first-order valence-corrected chi connectivity index (χ1v) is 12.2. The molecule has 4 unspecified atom stereocenters. The summed E-state index contributed by atoms with van der Waals surface area (Å²) in [5, 5.41) is 21.2. The van der Waals surface area contributed by atoms with Gasteiger partial charge in [-0.15, -0.1) is 0 Å². The molecule has 0 aliphatic carbocycles. The van der Waals surface area contributed by atoms with Gasteiger partial charge in [0, 0.05) is 41.8 Å². The molecule has 3 heterocycles. The molecule has 3 aromatic rings. The van der Waals surface area contributed by atoms with E-state index in [-0.39, 0.29) is 18.7 Å². The normalized spacial score (nSPS) is 17.6. The maximum atomic E-state index is 13.5. The van der Waals surface area contributed by atoms with Crippen molar-refractivity contribution in [3.63, 3.8) is 0 Å². The van der Waals surface area contributed by atoms with Crippen LogP contribution in [0.25, 0.3) is 10.9 Å². The zero-order valence-corrected chi connectivity index (χ0v) is 20.4. The molecule has 12 nitrogen and oxygen atoms in total. The minimum Gasteiger partial charge on any atom is -0.480 e. The zero-order chi connectivity index (χ0) is 26.4. The van der Waals surface area contributed by atoms with E-state index in [1.54, 1.807) is 6.20 Å². The van der Waals surface area contributed by atoms with E-state index in [0.717, 1.165) is 29.4 Å². The van der Waals surface area contributed by atoms with Gasteiger partial charge in [0.2, 0.25) is 17.7 Å². The Bertz CT molecular complexity index is 1250. The number of para-hydroxylation sites is 1. The fraction of sp³-hybridized carbons (Fsp3) is 0.400. The predicted octanol–water partition coefficient (Wildman–Crippen LogP) is -0.0129. The summed E-state index contributed by atoms with van der Waals surface area (Å²) in [6.45, 7) is 2.07. The first-order valence-electron chi connectivity index (χ1n) is 12.2. The van der Waals surface area contributed by atoms with Crippen LogP contribution in [0.2, 0.25) is 0 Å². The van der Waals surface area contributed by atoms with Crippen molar-refractivity contribution in [2.45, 2.75) is 56.8 Å². The van der Waals surface area contributed by atoms with Crippen molar-refractivity contribution in [1.29, 1.82) is 0 Å². The van der Waals surface area contributed by atoms with Crippen LogP contribution in [-0.2, 0) is 32.0 Å². The molecule has 1 aliphatic rings. The Morgan fingerprint density at radius 3 is 2.51 bits per heavy atom. The van der Waals surface area contributed by atoms with Crippen LogP contribution in [0.1, 0.15) is 31.0 Å². The second kappa shape index (κ2) is 11.7. The minimum atomic E-state index is -1.20. The van der Waals surface area contributed by atoms with Crippen molar-refractivity contribution < 1.29 is 24.3 Å². The summed E-state index contributed by atoms with van der Waals surface area (Å²) in [6, 6.07) is 4.04. The van der Waals surface area contributed by atoms with Gasteiger partial charge in [0.25, 0.3) is 0 Å². The third-order valence-corrected chi connectivity index (χ3v) is 6.45. The van der Waals surface area contributed by atoms with Crippen molar-refractivity contribution in [2.75, 3.05) is 6.54 Å². The number of nitrogens with one attached hydrogen (secondary N) is 6. The van der Waals surface area contributed by atoms with Gasteiger partial charge in [-0.25, -0.2) is 4.98 Å². The number of carbonyl (C=O) groups is 4. The molecule has 196 valence electrons. The third-order valence-electron chi connectivity index (χ3n) is 6.45. The number of fused-ring (bicyclic) bond motifs is 1. The Labute approximate surface area is 213 Å². The van der Waals surface area contributed by atoms with E-state index in [1.165, 1.54) is 19.4 Å². The molecule has 3 amide bonds. The van der Waals surface area contributed by atoms with Crippen molar-refractivity contribution >= 4 is 34.6 Å². The average Bonchev–Trinajstić information content (AvgIpc) is 3.65. The maximum absolute atomic E-state index is 13.5. The molecule has 0 bridgehead atoms. The highest BCUT2D eigenvalue weighted by Crippen LogP contribution is 2.19. The Balaban J connectivity index is 1.55. The molecule has 12 heteroatoms. The number of carboxylic acids is 1. The van der Waals surface area contributed by atoms with Gasteiger partial charge in [0.15, 0.2) is 0 Å². The smallest absolute Gasteiger partial charge is 0.325 e. The van der Waals surface area contributed by atoms with Gasteiger partial charge in [-0.1, -0.05) is 18.2 Å². The lowest BCUT2D eigenvalue weighted by atomic mass is 10.0. The molecule has 7 N–H and O–H groups in total. The Morgan fingerprint density at radius 1 is 1.05 bits per heavy atom. The fourth-order valence-corrected chi connectivity index (χ4v) is 4.38. The van der Waals surface area contributed by atoms with Gasteiger partial charge in [-0.2, -0.15) is 0 Å². The quantitative estimate of drug-likeness (QED) is 0.190. The molecule has 1 aromatic carbocycles. The molecule has 0 spiro atoms. The lowest BCUT2D eigenvalue weighted by molar-refractivity contribution is -0.141. The Kier molecular flexibility index (Phi) is 8.18. The highest BCUT2D eigenvalue weighted by Gasteiger charge is 2.31. The number of hydrogen-bond acceptors (Lipinski definition) is 6. The summed E-state index contributed by atoms with van der Waals surface area (Å²) in [5.74, 6) is -2.70. The van der Waals surface area contributed by atoms with Crippen molar-refractivity contribution in [1.82, 2.24) is 36.2 Å². The van der Waals surface area contributed by atoms with Crippen molar-refractivity contribution in [3.05, 3.63) is 54.2 Å². The van der Waals surface area contributed by atoms with Crippen LogP contribution in [0.15, 0.2) is 43.0 Å². The number of aliphatic carboxylic acids is 1. The summed E-state index contributed by atoms with van der Waals surface area (Å²) in [4.78, 5) is 60.7. The van der Waals surface area contributed by atoms with Crippen LogP contribution >= 0.6 is 0 Å². The Hall–Kier alpha value is -4.19. The molecule has 4 rings (SSSR count). The molecule has 4 atom stereocenters. The van der Waals surface area contributed by atoms with Crippen LogP contribution in [0.3, 0.4) is 0 Å². The van der Waals surface area contributed by atoms with Gasteiger partial charge >= 0.3 is 5.97 Å². The molecule has 1 aliphatic heterocycles. The van der Waals surface area contributed by atoms with Crippen molar-refractivity contribution in [2.24, 2.45) is 0 Å². The largest absolute Gasteiger partial charge is 0.480 e. The number of amides is 3. The summed E-state index contributed by atoms with van der Waals surface area (Å²) in [5.41, 5.74) is 2.32. The summed E-state index contributed by atoms with van der Waals surface area (Å²) >= 11 is 0. The third kappa shape index (κ3) is 6.53. The van der Waals surface area contributed by atoms with Crippen LogP contribution in [-0.4, -0.2) is 74.5 Å². The van der Waals surface area contributed by atoms with E-state index in [2.05, 4.69) is 36.2 Å². The topological polar surface area (TPSA) is 181 Å². The van der Waals surface area contributed by atoms with Gasteiger partial charge in [-0.05, 0) is 37.9 Å². The van der Waals surface area contributed by atoms with Crippen LogP contribution < -0.4 is 21.3 Å². The first kappa shape index (κ1) is 25.9. The molecule has 1 fully saturated rings.